The first kappa shape index (κ1) is 21.2. The third kappa shape index (κ3) is 4.70. The Balaban J connectivity index is 1.96. The Hall–Kier alpha value is -3.56. The third-order valence-corrected chi connectivity index (χ3v) is 3.96. The highest BCUT2D eigenvalue weighted by molar-refractivity contribution is 5.88. The van der Waals surface area contributed by atoms with Crippen LogP contribution in [0.15, 0.2) is 65.2 Å². The number of hydrogen-bond donors (Lipinski definition) is 0. The molecule has 2 aromatic heterocycles. The van der Waals surface area contributed by atoms with Gasteiger partial charge in [-0.2, -0.15) is 13.2 Å². The van der Waals surface area contributed by atoms with Crippen LogP contribution in [0.2, 0.25) is 0 Å². The second kappa shape index (κ2) is 8.44. The van der Waals surface area contributed by atoms with Crippen LogP contribution in [0.4, 0.5) is 22.0 Å². The van der Waals surface area contributed by atoms with Gasteiger partial charge >= 0.3 is 6.18 Å². The van der Waals surface area contributed by atoms with Crippen LogP contribution in [0.3, 0.4) is 0 Å². The van der Waals surface area contributed by atoms with Crippen LogP contribution < -0.4 is 4.74 Å². The number of aromatic nitrogens is 3. The first-order valence-corrected chi connectivity index (χ1v) is 8.45. The molecular weight excluding hydrogens is 409 g/mol. The van der Waals surface area contributed by atoms with E-state index in [0.29, 0.717) is 11.9 Å². The lowest BCUT2D eigenvalue weighted by Gasteiger charge is -2.08. The van der Waals surface area contributed by atoms with Gasteiger partial charge < -0.3 is 9.26 Å². The van der Waals surface area contributed by atoms with Crippen molar-refractivity contribution in [2.75, 3.05) is 0 Å². The van der Waals surface area contributed by atoms with Gasteiger partial charge in [-0.05, 0) is 30.3 Å². The van der Waals surface area contributed by atoms with Gasteiger partial charge in [0.25, 0.3) is 5.88 Å². The molecule has 0 saturated heterocycles. The van der Waals surface area contributed by atoms with E-state index in [4.69, 9.17) is 9.26 Å². The van der Waals surface area contributed by atoms with E-state index in [1.807, 2.05) is 0 Å². The van der Waals surface area contributed by atoms with Crippen LogP contribution in [0.25, 0.3) is 16.5 Å². The van der Waals surface area contributed by atoms with Crippen molar-refractivity contribution < 1.29 is 31.2 Å². The van der Waals surface area contributed by atoms with E-state index < -0.39 is 29.0 Å². The summed E-state index contributed by atoms with van der Waals surface area (Å²) < 4.78 is 77.0. The van der Waals surface area contributed by atoms with Crippen molar-refractivity contribution in [3.05, 3.63) is 77.9 Å². The van der Waals surface area contributed by atoms with Crippen LogP contribution in [0.1, 0.15) is 18.3 Å². The first-order chi connectivity index (χ1) is 14.2. The molecule has 1 aromatic carbocycles. The fraction of sp³-hybridized carbons (Fsp3) is 0.150. The molecule has 0 aliphatic heterocycles. The average molecular weight is 423 g/mol. The fourth-order valence-corrected chi connectivity index (χ4v) is 2.45. The number of nitrogens with zero attached hydrogens (tertiary/aromatic N) is 3. The summed E-state index contributed by atoms with van der Waals surface area (Å²) >= 11 is 0. The van der Waals surface area contributed by atoms with E-state index >= 15 is 0 Å². The fourth-order valence-electron chi connectivity index (χ4n) is 2.45. The van der Waals surface area contributed by atoms with Gasteiger partial charge in [-0.1, -0.05) is 12.7 Å². The maximum Gasteiger partial charge on any atom is 0.415 e. The zero-order valence-corrected chi connectivity index (χ0v) is 15.5. The summed E-state index contributed by atoms with van der Waals surface area (Å²) in [6.45, 7) is 3.81. The summed E-state index contributed by atoms with van der Waals surface area (Å²) in [4.78, 5) is 7.96. The molecule has 0 fully saturated rings. The van der Waals surface area contributed by atoms with Crippen molar-refractivity contribution in [3.63, 3.8) is 0 Å². The van der Waals surface area contributed by atoms with Gasteiger partial charge in [-0.3, -0.25) is 0 Å². The lowest BCUT2D eigenvalue weighted by atomic mass is 10.0. The quantitative estimate of drug-likeness (QED) is 0.375. The Kier molecular flexibility index (Phi) is 5.95. The molecule has 0 spiro atoms. The van der Waals surface area contributed by atoms with E-state index in [9.17, 15) is 22.0 Å². The molecule has 0 amide bonds. The molecule has 0 bridgehead atoms. The SMILES string of the molecule is C=C(/C=C\C(=C(/C)F)c1cc2c(OCc3ncccn3)noc2cc1F)C(F)(F)F. The molecule has 156 valence electrons. The topological polar surface area (TPSA) is 61.0 Å². The maximum absolute atomic E-state index is 14.5. The summed E-state index contributed by atoms with van der Waals surface area (Å²) in [7, 11) is 0. The molecule has 30 heavy (non-hydrogen) atoms. The Bertz CT molecular complexity index is 1130. The van der Waals surface area contributed by atoms with Crippen LogP contribution in [-0.2, 0) is 6.61 Å². The van der Waals surface area contributed by atoms with Gasteiger partial charge in [0, 0.05) is 35.2 Å². The minimum atomic E-state index is -4.69. The molecule has 0 N–H and O–H groups in total. The Morgan fingerprint density at radius 1 is 1.20 bits per heavy atom. The zero-order valence-electron chi connectivity index (χ0n) is 15.5. The van der Waals surface area contributed by atoms with Crippen molar-refractivity contribution in [2.45, 2.75) is 19.7 Å². The smallest absolute Gasteiger partial charge is 0.415 e. The first-order valence-electron chi connectivity index (χ1n) is 8.45. The van der Waals surface area contributed by atoms with Crippen LogP contribution in [-0.4, -0.2) is 21.3 Å². The zero-order chi connectivity index (χ0) is 21.9. The number of alkyl halides is 3. The molecule has 0 aliphatic carbocycles. The molecule has 3 rings (SSSR count). The van der Waals surface area contributed by atoms with Gasteiger partial charge in [0.15, 0.2) is 11.4 Å². The van der Waals surface area contributed by atoms with Gasteiger partial charge in [-0.25, -0.2) is 18.7 Å². The van der Waals surface area contributed by atoms with Gasteiger partial charge in [0.05, 0.1) is 5.39 Å². The normalized spacial score (nSPS) is 13.0. The van der Waals surface area contributed by atoms with Gasteiger partial charge in [0.2, 0.25) is 0 Å². The van der Waals surface area contributed by atoms with Crippen LogP contribution >= 0.6 is 0 Å². The Labute approximate surface area is 167 Å². The largest absolute Gasteiger partial charge is 0.467 e. The molecule has 5 nitrogen and oxygen atoms in total. The number of benzene rings is 1. The van der Waals surface area contributed by atoms with E-state index in [1.165, 1.54) is 18.5 Å². The van der Waals surface area contributed by atoms with E-state index in [2.05, 4.69) is 21.7 Å². The minimum Gasteiger partial charge on any atom is -0.467 e. The Morgan fingerprint density at radius 2 is 1.90 bits per heavy atom. The third-order valence-electron chi connectivity index (χ3n) is 3.96. The standard InChI is InChI=1S/C20H14F5N3O2/c1-11(20(23,24)25)4-5-13(12(2)21)14-8-15-17(9-16(14)22)30-28-19(15)29-10-18-26-6-3-7-27-18/h3-9H,1,10H2,2H3/b5-4-,13-12-. The second-order valence-corrected chi connectivity index (χ2v) is 6.07. The number of halogens is 5. The molecule has 0 unspecified atom stereocenters. The van der Waals surface area contributed by atoms with Gasteiger partial charge in [-0.15, -0.1) is 0 Å². The maximum atomic E-state index is 14.5. The number of rotatable bonds is 6. The number of allylic oxidation sites excluding steroid dienone is 5. The summed E-state index contributed by atoms with van der Waals surface area (Å²) in [6, 6.07) is 3.75. The van der Waals surface area contributed by atoms with Crippen molar-refractivity contribution >= 4 is 16.5 Å². The highest BCUT2D eigenvalue weighted by atomic mass is 19.4. The summed E-state index contributed by atoms with van der Waals surface area (Å²) in [5.41, 5.74) is -1.88. The van der Waals surface area contributed by atoms with Crippen LogP contribution in [0, 0.1) is 5.82 Å². The highest BCUT2D eigenvalue weighted by Gasteiger charge is 2.30. The second-order valence-electron chi connectivity index (χ2n) is 6.07. The summed E-state index contributed by atoms with van der Waals surface area (Å²) in [5, 5.41) is 3.89. The van der Waals surface area contributed by atoms with E-state index in [0.717, 1.165) is 19.1 Å². The van der Waals surface area contributed by atoms with E-state index in [1.54, 1.807) is 6.07 Å². The van der Waals surface area contributed by atoms with Crippen molar-refractivity contribution in [3.8, 4) is 5.88 Å². The minimum absolute atomic E-state index is 0.0137. The Morgan fingerprint density at radius 3 is 2.53 bits per heavy atom. The lowest BCUT2D eigenvalue weighted by Crippen LogP contribution is -2.08. The van der Waals surface area contributed by atoms with Crippen molar-refractivity contribution in [1.82, 2.24) is 15.1 Å². The summed E-state index contributed by atoms with van der Waals surface area (Å²) in [6.07, 6.45) is -0.283. The van der Waals surface area contributed by atoms with E-state index in [-0.39, 0.29) is 29.0 Å². The highest BCUT2D eigenvalue weighted by Crippen LogP contribution is 2.33. The molecule has 0 radical (unpaired) electrons. The molecule has 0 saturated carbocycles. The molecule has 0 aliphatic rings. The van der Waals surface area contributed by atoms with Crippen molar-refractivity contribution in [1.29, 1.82) is 0 Å². The number of ether oxygens (including phenoxy) is 1. The predicted molar refractivity (Wildman–Crippen MR) is 98.4 cm³/mol. The van der Waals surface area contributed by atoms with Gasteiger partial charge in [0.1, 0.15) is 18.3 Å². The number of hydrogen-bond acceptors (Lipinski definition) is 5. The monoisotopic (exact) mass is 423 g/mol. The summed E-state index contributed by atoms with van der Waals surface area (Å²) in [5.74, 6) is -1.48. The molecule has 0 atom stereocenters. The molecule has 10 heteroatoms. The molecule has 2 heterocycles. The lowest BCUT2D eigenvalue weighted by molar-refractivity contribution is -0.0878. The average Bonchev–Trinajstić information content (AvgIpc) is 3.08. The van der Waals surface area contributed by atoms with Crippen molar-refractivity contribution in [2.24, 2.45) is 0 Å². The molecule has 3 aromatic rings. The van der Waals surface area contributed by atoms with Crippen LogP contribution in [0.5, 0.6) is 5.88 Å². The molecular formula is C20H14F5N3O2. The predicted octanol–water partition coefficient (Wildman–Crippen LogP) is 5.71. The number of fused-ring (bicyclic) bond motifs is 1.